The zero-order valence-corrected chi connectivity index (χ0v) is 42.7. The highest BCUT2D eigenvalue weighted by Gasteiger charge is 2.26. The molecule has 0 saturated carbocycles. The van der Waals surface area contributed by atoms with Crippen molar-refractivity contribution in [2.45, 2.75) is 0 Å². The van der Waals surface area contributed by atoms with Crippen LogP contribution in [0.2, 0.25) is 0 Å². The van der Waals surface area contributed by atoms with Crippen LogP contribution in [0, 0.1) is 113 Å². The van der Waals surface area contributed by atoms with E-state index in [9.17, 15) is 52.6 Å². The van der Waals surface area contributed by atoms with Crippen LogP contribution in [0.1, 0.15) is 55.6 Å². The van der Waals surface area contributed by atoms with E-state index in [-0.39, 0.29) is 27.8 Å². The molecule has 12 heteroatoms. The first kappa shape index (κ1) is 49.6. The van der Waals surface area contributed by atoms with Crippen molar-refractivity contribution < 1.29 is 0 Å². The van der Waals surface area contributed by atoms with Gasteiger partial charge in [-0.1, -0.05) is 84.9 Å². The lowest BCUT2D eigenvalue weighted by molar-refractivity contribution is 1.13. The molecule has 12 nitrogen and oxygen atoms in total. The Kier molecular flexibility index (Phi) is 12.1. The molecule has 12 rings (SSSR count). The molecule has 0 amide bonds. The molecule has 370 valence electrons. The number of nitriles is 10. The van der Waals surface area contributed by atoms with Crippen molar-refractivity contribution in [2.24, 2.45) is 0 Å². The molecule has 0 N–H and O–H groups in total. The molecule has 12 aromatic rings. The second kappa shape index (κ2) is 20.0. The van der Waals surface area contributed by atoms with Crippen LogP contribution in [0.5, 0.6) is 0 Å². The number of benzene rings is 10. The van der Waals surface area contributed by atoms with Crippen LogP contribution in [0.3, 0.4) is 0 Å². The molecule has 0 radical (unpaired) electrons. The minimum Gasteiger partial charge on any atom is -0.308 e. The fourth-order valence-electron chi connectivity index (χ4n) is 11.1. The molecular weight excluding hydrogens is 1010 g/mol. The maximum absolute atomic E-state index is 11.3. The van der Waals surface area contributed by atoms with Crippen LogP contribution in [0.25, 0.3) is 111 Å². The van der Waals surface area contributed by atoms with E-state index >= 15 is 0 Å². The zero-order chi connectivity index (χ0) is 56.8. The van der Waals surface area contributed by atoms with Crippen LogP contribution < -0.4 is 0 Å². The van der Waals surface area contributed by atoms with Gasteiger partial charge in [0.15, 0.2) is 0 Å². The molecular formula is C70H30N12. The van der Waals surface area contributed by atoms with Crippen molar-refractivity contribution >= 4 is 43.6 Å². The van der Waals surface area contributed by atoms with Gasteiger partial charge in [-0.05, 0) is 147 Å². The van der Waals surface area contributed by atoms with E-state index in [1.54, 1.807) is 103 Å². The number of fused-ring (bicyclic) bond motifs is 6. The molecule has 0 fully saturated rings. The Morgan fingerprint density at radius 2 is 0.524 bits per heavy atom. The Morgan fingerprint density at radius 1 is 0.232 bits per heavy atom. The zero-order valence-electron chi connectivity index (χ0n) is 42.7. The van der Waals surface area contributed by atoms with Crippen molar-refractivity contribution in [1.82, 2.24) is 9.13 Å². The summed E-state index contributed by atoms with van der Waals surface area (Å²) in [5, 5.41) is 106. The van der Waals surface area contributed by atoms with Gasteiger partial charge in [0.05, 0.1) is 150 Å². The Hall–Kier alpha value is -13.3. The topological polar surface area (TPSA) is 248 Å². The number of nitrogens with zero attached hydrogens (tertiary/aromatic N) is 12. The van der Waals surface area contributed by atoms with Gasteiger partial charge in [0.1, 0.15) is 0 Å². The second-order valence-corrected chi connectivity index (χ2v) is 19.2. The van der Waals surface area contributed by atoms with Gasteiger partial charge in [-0.25, -0.2) is 0 Å². The Balaban J connectivity index is 1.27. The third-order valence-electron chi connectivity index (χ3n) is 14.8. The molecule has 0 unspecified atom stereocenters. The highest BCUT2D eigenvalue weighted by molar-refractivity contribution is 6.14. The maximum Gasteiger partial charge on any atom is 0.0998 e. The van der Waals surface area contributed by atoms with Crippen LogP contribution in [0.4, 0.5) is 0 Å². The Bertz CT molecular complexity index is 4750. The molecule has 0 bridgehead atoms. The van der Waals surface area contributed by atoms with E-state index in [1.165, 1.54) is 0 Å². The average molecular weight is 1040 g/mol. The van der Waals surface area contributed by atoms with E-state index in [1.807, 2.05) is 88.0 Å². The van der Waals surface area contributed by atoms with Gasteiger partial charge >= 0.3 is 0 Å². The van der Waals surface area contributed by atoms with E-state index in [2.05, 4.69) is 60.7 Å². The van der Waals surface area contributed by atoms with Gasteiger partial charge in [0.2, 0.25) is 0 Å². The fraction of sp³-hybridized carbons (Fsp3) is 0. The summed E-state index contributed by atoms with van der Waals surface area (Å²) in [6.07, 6.45) is 0. The van der Waals surface area contributed by atoms with Crippen LogP contribution in [0.15, 0.2) is 182 Å². The number of aromatic nitrogens is 2. The first-order chi connectivity index (χ1) is 40.2. The number of rotatable bonds is 7. The lowest BCUT2D eigenvalue weighted by Crippen LogP contribution is -2.05. The predicted molar refractivity (Wildman–Crippen MR) is 309 cm³/mol. The van der Waals surface area contributed by atoms with Gasteiger partial charge < -0.3 is 9.13 Å². The van der Waals surface area contributed by atoms with Gasteiger partial charge in [-0.2, -0.15) is 52.6 Å². The third kappa shape index (κ3) is 8.09. The fourth-order valence-corrected chi connectivity index (χ4v) is 11.1. The molecule has 0 aliphatic carbocycles. The van der Waals surface area contributed by atoms with Gasteiger partial charge in [-0.15, -0.1) is 0 Å². The highest BCUT2D eigenvalue weighted by atomic mass is 15.0. The maximum atomic E-state index is 11.3. The van der Waals surface area contributed by atoms with E-state index in [0.29, 0.717) is 117 Å². The van der Waals surface area contributed by atoms with E-state index in [4.69, 9.17) is 0 Å². The Morgan fingerprint density at radius 3 is 0.805 bits per heavy atom. The summed E-state index contributed by atoms with van der Waals surface area (Å²) in [5.41, 5.74) is 12.7. The van der Waals surface area contributed by atoms with Gasteiger partial charge in [0.25, 0.3) is 0 Å². The van der Waals surface area contributed by atoms with Crippen molar-refractivity contribution in [3.8, 4) is 128 Å². The van der Waals surface area contributed by atoms with Gasteiger partial charge in [-0.3, -0.25) is 0 Å². The Labute approximate surface area is 468 Å². The SMILES string of the molecule is N#Cc1cccc(-c2c(-n3c4cc(-c5ccc(C#N)cc5C#N)ccc4c4ccc(-c5ccc(C#N)cc5C#N)cc43)cc(C#N)cc2-n2c3cc(-c4ccc(C#N)cc4C#N)ccc3c3ccc(-c4ccc(C#N)cc4C#N)cc32)c1. The van der Waals surface area contributed by atoms with Crippen LogP contribution >= 0.6 is 0 Å². The largest absolute Gasteiger partial charge is 0.308 e. The van der Waals surface area contributed by atoms with E-state index < -0.39 is 0 Å². The summed E-state index contributed by atoms with van der Waals surface area (Å²) in [6, 6.07) is 76.2. The number of hydrogen-bond acceptors (Lipinski definition) is 10. The minimum absolute atomic E-state index is 0.241. The lowest BCUT2D eigenvalue weighted by atomic mass is 9.96. The predicted octanol–water partition coefficient (Wildman–Crippen LogP) is 14.9. The first-order valence-electron chi connectivity index (χ1n) is 25.2. The molecule has 0 aliphatic rings. The molecule has 82 heavy (non-hydrogen) atoms. The van der Waals surface area contributed by atoms with Crippen molar-refractivity contribution in [1.29, 1.82) is 52.6 Å². The summed E-state index contributed by atoms with van der Waals surface area (Å²) in [5.74, 6) is 0. The minimum atomic E-state index is 0.241. The number of hydrogen-bond donors (Lipinski definition) is 0. The summed E-state index contributed by atoms with van der Waals surface area (Å²) < 4.78 is 4.08. The second-order valence-electron chi connectivity index (χ2n) is 19.2. The molecule has 0 aliphatic heterocycles. The van der Waals surface area contributed by atoms with Crippen molar-refractivity contribution in [3.05, 3.63) is 238 Å². The quantitative estimate of drug-likeness (QED) is 0.146. The normalized spacial score (nSPS) is 10.6. The third-order valence-corrected chi connectivity index (χ3v) is 14.8. The van der Waals surface area contributed by atoms with Crippen LogP contribution in [-0.4, -0.2) is 9.13 Å². The summed E-state index contributed by atoms with van der Waals surface area (Å²) in [6.45, 7) is 0. The van der Waals surface area contributed by atoms with Crippen molar-refractivity contribution in [2.75, 3.05) is 0 Å². The molecule has 10 aromatic carbocycles. The van der Waals surface area contributed by atoms with Crippen molar-refractivity contribution in [3.63, 3.8) is 0 Å². The summed E-state index contributed by atoms with van der Waals surface area (Å²) >= 11 is 0. The van der Waals surface area contributed by atoms with Gasteiger partial charge in [0, 0.05) is 27.1 Å². The monoisotopic (exact) mass is 1040 g/mol. The van der Waals surface area contributed by atoms with E-state index in [0.717, 1.165) is 21.5 Å². The van der Waals surface area contributed by atoms with Crippen LogP contribution in [-0.2, 0) is 0 Å². The lowest BCUT2D eigenvalue weighted by Gasteiger charge is -2.21. The molecule has 2 aromatic heterocycles. The summed E-state index contributed by atoms with van der Waals surface area (Å²) in [4.78, 5) is 0. The standard InChI is InChI=1S/C70H30N12/c71-31-41-2-1-3-51(20-41)70-68(81-64-27-47(56-12-4-42(32-72)21-52(56)37-77)8-16-60(64)61-17-9-48(28-65(61)81)57-13-5-43(33-73)22-53(57)38-78)25-46(36-76)26-69(70)82-66-29-49(58-14-6-44(34-74)23-54(58)39-79)10-18-62(66)63-19-11-50(30-67(63)82)59-15-7-45(35-75)24-55(59)40-80/h1-30H. The molecule has 0 saturated heterocycles. The highest BCUT2D eigenvalue weighted by Crippen LogP contribution is 2.46. The molecule has 0 spiro atoms. The molecule has 2 heterocycles. The smallest absolute Gasteiger partial charge is 0.0998 e. The molecule has 0 atom stereocenters. The average Bonchev–Trinajstić information content (AvgIpc) is 2.98. The summed E-state index contributed by atoms with van der Waals surface area (Å²) in [7, 11) is 0. The first-order valence-corrected chi connectivity index (χ1v) is 25.2.